The van der Waals surface area contributed by atoms with Gasteiger partial charge in [-0.05, 0) is 43.7 Å². The summed E-state index contributed by atoms with van der Waals surface area (Å²) in [7, 11) is 0. The van der Waals surface area contributed by atoms with E-state index in [1.165, 1.54) is 6.07 Å². The van der Waals surface area contributed by atoms with E-state index in [-0.39, 0.29) is 11.4 Å². The Balaban J connectivity index is 2.04. The molecule has 0 heterocycles. The quantitative estimate of drug-likeness (QED) is 0.586. The van der Waals surface area contributed by atoms with Gasteiger partial charge in [-0.25, -0.2) is 0 Å². The molecule has 0 bridgehead atoms. The number of nitrogens with one attached hydrogen (secondary N) is 2. The van der Waals surface area contributed by atoms with E-state index in [1.54, 1.807) is 24.3 Å². The third kappa shape index (κ3) is 3.82. The number of carbonyl (C=O) groups excluding carboxylic acids is 2. The van der Waals surface area contributed by atoms with Gasteiger partial charge in [-0.2, -0.15) is 0 Å². The Morgan fingerprint density at radius 1 is 0.857 bits per heavy atom. The van der Waals surface area contributed by atoms with Crippen LogP contribution in [0.5, 0.6) is 5.75 Å². The zero-order valence-electron chi connectivity index (χ0n) is 11.8. The van der Waals surface area contributed by atoms with Crippen molar-refractivity contribution in [3.63, 3.8) is 0 Å². The van der Waals surface area contributed by atoms with E-state index in [0.717, 1.165) is 11.1 Å². The van der Waals surface area contributed by atoms with Crippen molar-refractivity contribution in [1.29, 1.82) is 0 Å². The number of aryl methyl sites for hydroxylation is 2. The van der Waals surface area contributed by atoms with Gasteiger partial charge in [0.15, 0.2) is 0 Å². The van der Waals surface area contributed by atoms with Gasteiger partial charge in [0.1, 0.15) is 5.75 Å². The minimum absolute atomic E-state index is 0.0860. The number of hydrogen-bond donors (Lipinski definition) is 3. The molecule has 0 radical (unpaired) electrons. The molecule has 5 heteroatoms. The number of phenols is 1. The number of carbonyl (C=O) groups is 2. The van der Waals surface area contributed by atoms with Crippen molar-refractivity contribution in [2.45, 2.75) is 13.8 Å². The fourth-order valence-electron chi connectivity index (χ4n) is 1.75. The van der Waals surface area contributed by atoms with Gasteiger partial charge in [0, 0.05) is 5.69 Å². The normalized spacial score (nSPS) is 10.0. The molecule has 0 aliphatic rings. The highest BCUT2D eigenvalue weighted by molar-refractivity contribution is 6.43. The average molecular weight is 284 g/mol. The van der Waals surface area contributed by atoms with Gasteiger partial charge >= 0.3 is 11.8 Å². The van der Waals surface area contributed by atoms with Gasteiger partial charge in [0.2, 0.25) is 0 Å². The molecule has 5 nitrogen and oxygen atoms in total. The maximum Gasteiger partial charge on any atom is 0.314 e. The van der Waals surface area contributed by atoms with Gasteiger partial charge < -0.3 is 15.7 Å². The number of phenolic OH excluding ortho intramolecular Hbond substituents is 1. The van der Waals surface area contributed by atoms with E-state index in [0.29, 0.717) is 5.69 Å². The lowest BCUT2D eigenvalue weighted by Gasteiger charge is -2.09. The molecule has 0 unspecified atom stereocenters. The van der Waals surface area contributed by atoms with Crippen molar-refractivity contribution in [2.24, 2.45) is 0 Å². The lowest BCUT2D eigenvalue weighted by Crippen LogP contribution is -2.29. The van der Waals surface area contributed by atoms with Crippen LogP contribution in [0, 0.1) is 13.8 Å². The average Bonchev–Trinajstić information content (AvgIpc) is 2.45. The molecule has 108 valence electrons. The van der Waals surface area contributed by atoms with Crippen molar-refractivity contribution in [1.82, 2.24) is 0 Å². The smallest absolute Gasteiger partial charge is 0.314 e. The zero-order valence-corrected chi connectivity index (χ0v) is 11.8. The van der Waals surface area contributed by atoms with Crippen LogP contribution in [0.2, 0.25) is 0 Å². The largest absolute Gasteiger partial charge is 0.506 e. The third-order valence-corrected chi connectivity index (χ3v) is 2.92. The van der Waals surface area contributed by atoms with Gasteiger partial charge in [0.25, 0.3) is 0 Å². The Labute approximate surface area is 122 Å². The summed E-state index contributed by atoms with van der Waals surface area (Å²) >= 11 is 0. The first kappa shape index (κ1) is 14.6. The van der Waals surface area contributed by atoms with Gasteiger partial charge in [-0.15, -0.1) is 0 Å². The monoisotopic (exact) mass is 284 g/mol. The molecule has 0 atom stereocenters. The van der Waals surface area contributed by atoms with Crippen LogP contribution in [0.25, 0.3) is 0 Å². The van der Waals surface area contributed by atoms with E-state index in [4.69, 9.17) is 0 Å². The van der Waals surface area contributed by atoms with Crippen LogP contribution in [0.4, 0.5) is 11.4 Å². The second-order valence-corrected chi connectivity index (χ2v) is 4.79. The molecule has 2 aromatic rings. The Morgan fingerprint density at radius 3 is 2.10 bits per heavy atom. The zero-order chi connectivity index (χ0) is 15.4. The third-order valence-electron chi connectivity index (χ3n) is 2.92. The molecule has 2 amide bonds. The maximum atomic E-state index is 11.8. The topological polar surface area (TPSA) is 78.4 Å². The molecule has 0 saturated heterocycles. The number of benzene rings is 2. The number of rotatable bonds is 2. The van der Waals surface area contributed by atoms with Crippen LogP contribution in [-0.4, -0.2) is 16.9 Å². The minimum atomic E-state index is -0.837. The van der Waals surface area contributed by atoms with Crippen LogP contribution in [0.15, 0.2) is 42.5 Å². The Hall–Kier alpha value is -2.82. The van der Waals surface area contributed by atoms with Crippen molar-refractivity contribution in [3.8, 4) is 5.75 Å². The van der Waals surface area contributed by atoms with Gasteiger partial charge in [0.05, 0.1) is 5.69 Å². The summed E-state index contributed by atoms with van der Waals surface area (Å²) in [6, 6.07) is 11.8. The molecule has 0 aromatic heterocycles. The van der Waals surface area contributed by atoms with Crippen molar-refractivity contribution >= 4 is 23.2 Å². The predicted molar refractivity (Wildman–Crippen MR) is 81.3 cm³/mol. The first-order valence-corrected chi connectivity index (χ1v) is 6.44. The Bertz CT molecular complexity index is 678. The lowest BCUT2D eigenvalue weighted by atomic mass is 10.2. The highest BCUT2D eigenvalue weighted by Gasteiger charge is 2.15. The van der Waals surface area contributed by atoms with Gasteiger partial charge in [-0.1, -0.05) is 23.8 Å². The van der Waals surface area contributed by atoms with E-state index >= 15 is 0 Å². The molecule has 0 saturated carbocycles. The Kier molecular flexibility index (Phi) is 4.23. The SMILES string of the molecule is Cc1ccc(NC(=O)C(=O)Nc2cc(C)ccc2O)cc1. The molecule has 0 spiro atoms. The summed E-state index contributed by atoms with van der Waals surface area (Å²) in [4.78, 5) is 23.6. The van der Waals surface area contributed by atoms with Crippen LogP contribution < -0.4 is 10.6 Å². The first-order valence-electron chi connectivity index (χ1n) is 6.44. The Morgan fingerprint density at radius 2 is 1.43 bits per heavy atom. The van der Waals surface area contributed by atoms with E-state index in [9.17, 15) is 14.7 Å². The second-order valence-electron chi connectivity index (χ2n) is 4.79. The second kappa shape index (κ2) is 6.09. The molecule has 0 fully saturated rings. The van der Waals surface area contributed by atoms with E-state index in [1.807, 2.05) is 26.0 Å². The fraction of sp³-hybridized carbons (Fsp3) is 0.125. The van der Waals surface area contributed by atoms with Crippen molar-refractivity contribution in [3.05, 3.63) is 53.6 Å². The summed E-state index contributed by atoms with van der Waals surface area (Å²) in [5.41, 5.74) is 2.66. The molecular formula is C16H16N2O3. The molecule has 3 N–H and O–H groups in total. The molecule has 2 rings (SSSR count). The summed E-state index contributed by atoms with van der Waals surface area (Å²) in [6.07, 6.45) is 0. The molecule has 0 aliphatic heterocycles. The van der Waals surface area contributed by atoms with Crippen molar-refractivity contribution in [2.75, 3.05) is 10.6 Å². The summed E-state index contributed by atoms with van der Waals surface area (Å²) in [5.74, 6) is -1.71. The summed E-state index contributed by atoms with van der Waals surface area (Å²) in [6.45, 7) is 3.75. The first-order chi connectivity index (χ1) is 9.95. The molecule has 21 heavy (non-hydrogen) atoms. The molecular weight excluding hydrogens is 268 g/mol. The predicted octanol–water partition coefficient (Wildman–Crippen LogP) is 2.59. The lowest BCUT2D eigenvalue weighted by molar-refractivity contribution is -0.133. The van der Waals surface area contributed by atoms with E-state index < -0.39 is 11.8 Å². The highest BCUT2D eigenvalue weighted by Crippen LogP contribution is 2.23. The fourth-order valence-corrected chi connectivity index (χ4v) is 1.75. The van der Waals surface area contributed by atoms with Crippen LogP contribution in [-0.2, 0) is 9.59 Å². The van der Waals surface area contributed by atoms with E-state index in [2.05, 4.69) is 10.6 Å². The number of hydrogen-bond acceptors (Lipinski definition) is 3. The van der Waals surface area contributed by atoms with Gasteiger partial charge in [-0.3, -0.25) is 9.59 Å². The number of amides is 2. The molecule has 0 aliphatic carbocycles. The van der Waals surface area contributed by atoms with Crippen LogP contribution >= 0.6 is 0 Å². The van der Waals surface area contributed by atoms with Crippen LogP contribution in [0.1, 0.15) is 11.1 Å². The minimum Gasteiger partial charge on any atom is -0.506 e. The van der Waals surface area contributed by atoms with Crippen molar-refractivity contribution < 1.29 is 14.7 Å². The van der Waals surface area contributed by atoms with Crippen LogP contribution in [0.3, 0.4) is 0 Å². The molecule has 2 aromatic carbocycles. The standard InChI is InChI=1S/C16H16N2O3/c1-10-3-6-12(7-4-10)17-15(20)16(21)18-13-9-11(2)5-8-14(13)19/h3-9,19H,1-2H3,(H,17,20)(H,18,21). The number of anilines is 2. The number of aromatic hydroxyl groups is 1. The summed E-state index contributed by atoms with van der Waals surface area (Å²) < 4.78 is 0. The summed E-state index contributed by atoms with van der Waals surface area (Å²) in [5, 5.41) is 14.5. The highest BCUT2D eigenvalue weighted by atomic mass is 16.3. The maximum absolute atomic E-state index is 11.8.